The maximum Gasteiger partial charge on any atom is 0.411 e. The Balaban J connectivity index is 2.80. The third-order valence-electron chi connectivity index (χ3n) is 4.26. The normalized spacial score (nSPS) is 24.6. The van der Waals surface area contributed by atoms with Crippen molar-refractivity contribution in [2.24, 2.45) is 17.3 Å². The van der Waals surface area contributed by atoms with E-state index in [1.165, 1.54) is 24.3 Å². The molecule has 2 aliphatic carbocycles. The Kier molecular flexibility index (Phi) is 5.21. The lowest BCUT2D eigenvalue weighted by atomic mass is 9.71. The van der Waals surface area contributed by atoms with E-state index in [0.717, 1.165) is 24.3 Å². The Labute approximate surface area is 142 Å². The summed E-state index contributed by atoms with van der Waals surface area (Å²) in [5.74, 6) is -0.516. The molecule has 6 heteroatoms. The molecular formula is C19H18F6. The van der Waals surface area contributed by atoms with E-state index in [1.54, 1.807) is 26.0 Å². The number of hydrogen-bond acceptors (Lipinski definition) is 0. The molecular weight excluding hydrogens is 342 g/mol. The molecule has 0 fully saturated rings. The van der Waals surface area contributed by atoms with Crippen molar-refractivity contribution in [3.63, 3.8) is 0 Å². The van der Waals surface area contributed by atoms with Crippen LogP contribution in [-0.4, -0.2) is 12.4 Å². The van der Waals surface area contributed by atoms with Crippen LogP contribution in [0.5, 0.6) is 0 Å². The second kappa shape index (κ2) is 6.73. The van der Waals surface area contributed by atoms with Crippen molar-refractivity contribution >= 4 is 0 Å². The van der Waals surface area contributed by atoms with Gasteiger partial charge >= 0.3 is 12.4 Å². The predicted octanol–water partition coefficient (Wildman–Crippen LogP) is 6.47. The predicted molar refractivity (Wildman–Crippen MR) is 85.6 cm³/mol. The Morgan fingerprint density at radius 1 is 0.640 bits per heavy atom. The van der Waals surface area contributed by atoms with E-state index in [2.05, 4.69) is 0 Å². The summed E-state index contributed by atoms with van der Waals surface area (Å²) in [6.07, 6.45) is 0.777. The maximum absolute atomic E-state index is 14.0. The zero-order valence-electron chi connectivity index (χ0n) is 13.7. The molecule has 2 rings (SSSR count). The van der Waals surface area contributed by atoms with Crippen LogP contribution in [0.15, 0.2) is 71.9 Å². The van der Waals surface area contributed by atoms with E-state index >= 15 is 0 Å². The lowest BCUT2D eigenvalue weighted by Crippen LogP contribution is -2.52. The monoisotopic (exact) mass is 360 g/mol. The van der Waals surface area contributed by atoms with Gasteiger partial charge in [0.2, 0.25) is 5.41 Å². The fraction of sp³-hybridized carbons (Fsp3) is 0.368. The topological polar surface area (TPSA) is 0 Å². The van der Waals surface area contributed by atoms with E-state index in [-0.39, 0.29) is 11.8 Å². The van der Waals surface area contributed by atoms with Gasteiger partial charge in [0, 0.05) is 0 Å². The van der Waals surface area contributed by atoms with Crippen LogP contribution < -0.4 is 0 Å². The SMILES string of the molecule is C[C@@H]1C=CC=C(C(C2=CC=C[C@H](C)C=C2)(C(F)(F)F)C(F)(F)F)C=C1. The molecule has 0 aliphatic heterocycles. The van der Waals surface area contributed by atoms with Gasteiger partial charge in [0.25, 0.3) is 0 Å². The minimum Gasteiger partial charge on any atom is -0.169 e. The molecule has 2 atom stereocenters. The van der Waals surface area contributed by atoms with Crippen LogP contribution in [0.25, 0.3) is 0 Å². The van der Waals surface area contributed by atoms with Crippen LogP contribution in [0, 0.1) is 17.3 Å². The summed E-state index contributed by atoms with van der Waals surface area (Å²) >= 11 is 0. The fourth-order valence-corrected chi connectivity index (χ4v) is 2.90. The molecule has 0 radical (unpaired) electrons. The van der Waals surface area contributed by atoms with Gasteiger partial charge in [-0.05, 0) is 23.0 Å². The summed E-state index contributed by atoms with van der Waals surface area (Å²) < 4.78 is 83.9. The van der Waals surface area contributed by atoms with Gasteiger partial charge in [-0.3, -0.25) is 0 Å². The fourth-order valence-electron chi connectivity index (χ4n) is 2.90. The van der Waals surface area contributed by atoms with Crippen LogP contribution in [0.3, 0.4) is 0 Å². The lowest BCUT2D eigenvalue weighted by molar-refractivity contribution is -0.308. The summed E-state index contributed by atoms with van der Waals surface area (Å²) in [4.78, 5) is 0. The largest absolute Gasteiger partial charge is 0.411 e. The van der Waals surface area contributed by atoms with Crippen LogP contribution in [0.2, 0.25) is 0 Å². The Bertz CT molecular complexity index is 620. The third kappa shape index (κ3) is 3.53. The molecule has 0 spiro atoms. The zero-order chi connectivity index (χ0) is 18.9. The molecule has 0 nitrogen and oxygen atoms in total. The molecule has 0 aromatic carbocycles. The van der Waals surface area contributed by atoms with Crippen molar-refractivity contribution in [1.29, 1.82) is 0 Å². The molecule has 0 heterocycles. The molecule has 0 saturated carbocycles. The Morgan fingerprint density at radius 2 is 1.00 bits per heavy atom. The van der Waals surface area contributed by atoms with Crippen molar-refractivity contribution in [2.45, 2.75) is 26.2 Å². The van der Waals surface area contributed by atoms with Crippen molar-refractivity contribution in [2.75, 3.05) is 0 Å². The second-order valence-electron chi connectivity index (χ2n) is 6.20. The van der Waals surface area contributed by atoms with Crippen molar-refractivity contribution in [3.8, 4) is 0 Å². The molecule has 136 valence electrons. The van der Waals surface area contributed by atoms with Gasteiger partial charge in [0.15, 0.2) is 0 Å². The molecule has 0 saturated heterocycles. The molecule has 0 aromatic rings. The molecule has 0 bridgehead atoms. The Hall–Kier alpha value is -1.98. The molecule has 25 heavy (non-hydrogen) atoms. The average Bonchev–Trinajstić information content (AvgIpc) is 2.79. The number of halogens is 6. The van der Waals surface area contributed by atoms with Gasteiger partial charge in [-0.2, -0.15) is 26.3 Å². The number of rotatable bonds is 2. The molecule has 0 aromatic heterocycles. The minimum atomic E-state index is -5.56. The van der Waals surface area contributed by atoms with Crippen LogP contribution in [-0.2, 0) is 0 Å². The molecule has 2 aliphatic rings. The molecule has 0 N–H and O–H groups in total. The number of hydrogen-bond donors (Lipinski definition) is 0. The zero-order valence-corrected chi connectivity index (χ0v) is 13.7. The van der Waals surface area contributed by atoms with Gasteiger partial charge in [-0.1, -0.05) is 74.6 Å². The summed E-state index contributed by atoms with van der Waals surface area (Å²) in [6.45, 7) is 3.36. The Morgan fingerprint density at radius 3 is 1.32 bits per heavy atom. The van der Waals surface area contributed by atoms with Gasteiger partial charge in [-0.15, -0.1) is 0 Å². The summed E-state index contributed by atoms with van der Waals surface area (Å²) in [6, 6.07) is 0. The second-order valence-corrected chi connectivity index (χ2v) is 6.20. The van der Waals surface area contributed by atoms with E-state index in [4.69, 9.17) is 0 Å². The summed E-state index contributed by atoms with van der Waals surface area (Å²) in [7, 11) is 0. The highest BCUT2D eigenvalue weighted by atomic mass is 19.4. The number of allylic oxidation sites excluding steroid dienone is 12. The lowest BCUT2D eigenvalue weighted by Gasteiger charge is -2.39. The van der Waals surface area contributed by atoms with Crippen molar-refractivity contribution < 1.29 is 26.3 Å². The van der Waals surface area contributed by atoms with Crippen LogP contribution >= 0.6 is 0 Å². The summed E-state index contributed by atoms with van der Waals surface area (Å²) in [5.41, 5.74) is -5.77. The standard InChI is InChI=1S/C19H18F6/c1-13-5-3-7-15(11-9-13)17(18(20,21)22,19(23,24)25)16-8-4-6-14(2)10-12-16/h3-14H,1-2H3/t13-,14+. The first-order valence-corrected chi connectivity index (χ1v) is 7.78. The van der Waals surface area contributed by atoms with Gasteiger partial charge < -0.3 is 0 Å². The first-order valence-electron chi connectivity index (χ1n) is 7.78. The van der Waals surface area contributed by atoms with E-state index in [1.807, 2.05) is 0 Å². The highest BCUT2D eigenvalue weighted by molar-refractivity contribution is 5.50. The van der Waals surface area contributed by atoms with E-state index in [0.29, 0.717) is 0 Å². The first kappa shape index (κ1) is 19.3. The van der Waals surface area contributed by atoms with E-state index in [9.17, 15) is 26.3 Å². The highest BCUT2D eigenvalue weighted by Crippen LogP contribution is 2.60. The number of alkyl halides is 6. The average molecular weight is 360 g/mol. The molecule has 0 amide bonds. The third-order valence-corrected chi connectivity index (χ3v) is 4.26. The van der Waals surface area contributed by atoms with Gasteiger partial charge in [0.05, 0.1) is 0 Å². The van der Waals surface area contributed by atoms with Gasteiger partial charge in [-0.25, -0.2) is 0 Å². The van der Waals surface area contributed by atoms with Crippen molar-refractivity contribution in [1.82, 2.24) is 0 Å². The van der Waals surface area contributed by atoms with Crippen LogP contribution in [0.4, 0.5) is 26.3 Å². The van der Waals surface area contributed by atoms with Gasteiger partial charge in [0.1, 0.15) is 0 Å². The van der Waals surface area contributed by atoms with Crippen LogP contribution in [0.1, 0.15) is 13.8 Å². The maximum atomic E-state index is 14.0. The highest BCUT2D eigenvalue weighted by Gasteiger charge is 2.73. The minimum absolute atomic E-state index is 0.258. The van der Waals surface area contributed by atoms with Crippen molar-refractivity contribution in [3.05, 3.63) is 71.9 Å². The summed E-state index contributed by atoms with van der Waals surface area (Å²) in [5, 5.41) is 0. The molecule has 0 unspecified atom stereocenters. The quantitative estimate of drug-likeness (QED) is 0.495. The smallest absolute Gasteiger partial charge is 0.169 e. The first-order chi connectivity index (χ1) is 11.5. The van der Waals surface area contributed by atoms with E-state index < -0.39 is 28.9 Å².